The molecule has 0 bridgehead atoms. The summed E-state index contributed by atoms with van der Waals surface area (Å²) in [6.45, 7) is 8.76. The smallest absolute Gasteiger partial charge is 0.156 e. The first-order chi connectivity index (χ1) is 9.04. The van der Waals surface area contributed by atoms with E-state index in [2.05, 4.69) is 11.8 Å². The Morgan fingerprint density at radius 1 is 1.35 bits per heavy atom. The fourth-order valence-electron chi connectivity index (χ4n) is 3.12. The molecule has 0 radical (unpaired) electrons. The van der Waals surface area contributed by atoms with E-state index < -0.39 is 14.6 Å². The van der Waals surface area contributed by atoms with Gasteiger partial charge >= 0.3 is 0 Å². The molecule has 1 aliphatic rings. The molecule has 0 aromatic carbocycles. The zero-order valence-corrected chi connectivity index (χ0v) is 14.6. The topological polar surface area (TPSA) is 63.4 Å². The van der Waals surface area contributed by atoms with E-state index in [-0.39, 0.29) is 11.3 Å². The number of nitrogens with zero attached hydrogens (tertiary/aromatic N) is 1. The molecule has 1 fully saturated rings. The average Bonchev–Trinajstić information content (AvgIpc) is 2.34. The monoisotopic (exact) mass is 304 g/mol. The van der Waals surface area contributed by atoms with Crippen molar-refractivity contribution in [2.45, 2.75) is 63.7 Å². The van der Waals surface area contributed by atoms with E-state index in [0.717, 1.165) is 12.8 Å². The molecule has 1 rings (SSSR count). The molecule has 1 saturated carbocycles. The summed E-state index contributed by atoms with van der Waals surface area (Å²) in [5.41, 5.74) is 6.03. The first-order valence-corrected chi connectivity index (χ1v) is 9.33. The lowest BCUT2D eigenvalue weighted by molar-refractivity contribution is 0.0668. The Hall–Kier alpha value is -0.130. The summed E-state index contributed by atoms with van der Waals surface area (Å²) in [4.78, 5) is 2.20. The van der Waals surface area contributed by atoms with E-state index in [1.54, 1.807) is 20.8 Å². The summed E-state index contributed by atoms with van der Waals surface area (Å²) in [6, 6.07) is 0. The van der Waals surface area contributed by atoms with Gasteiger partial charge in [0, 0.05) is 18.6 Å². The summed E-state index contributed by atoms with van der Waals surface area (Å²) >= 11 is 0. The minimum Gasteiger partial charge on any atom is -0.329 e. The van der Waals surface area contributed by atoms with Crippen molar-refractivity contribution in [2.24, 2.45) is 11.7 Å². The first kappa shape index (κ1) is 17.9. The van der Waals surface area contributed by atoms with Gasteiger partial charge in [-0.25, -0.2) is 8.42 Å². The number of sulfone groups is 1. The third kappa shape index (κ3) is 3.95. The van der Waals surface area contributed by atoms with E-state index in [4.69, 9.17) is 5.73 Å². The van der Waals surface area contributed by atoms with Crippen molar-refractivity contribution < 1.29 is 8.42 Å². The summed E-state index contributed by atoms with van der Waals surface area (Å²) in [5.74, 6) is 0.886. The second kappa shape index (κ2) is 6.32. The quantitative estimate of drug-likeness (QED) is 0.844. The molecule has 0 spiro atoms. The van der Waals surface area contributed by atoms with Crippen LogP contribution in [0, 0.1) is 5.92 Å². The number of hydrogen-bond acceptors (Lipinski definition) is 4. The van der Waals surface area contributed by atoms with Crippen molar-refractivity contribution in [2.75, 3.05) is 25.9 Å². The second-order valence-electron chi connectivity index (χ2n) is 7.48. The van der Waals surface area contributed by atoms with Crippen LogP contribution in [0.4, 0.5) is 0 Å². The Balaban J connectivity index is 2.72. The lowest BCUT2D eigenvalue weighted by Crippen LogP contribution is -2.55. The molecule has 2 unspecified atom stereocenters. The summed E-state index contributed by atoms with van der Waals surface area (Å²) < 4.78 is 23.8. The highest BCUT2D eigenvalue weighted by molar-refractivity contribution is 7.92. The number of rotatable bonds is 5. The van der Waals surface area contributed by atoms with Crippen LogP contribution in [0.2, 0.25) is 0 Å². The van der Waals surface area contributed by atoms with Crippen LogP contribution in [-0.2, 0) is 9.84 Å². The molecular weight excluding hydrogens is 272 g/mol. The highest BCUT2D eigenvalue weighted by Crippen LogP contribution is 2.35. The molecule has 0 heterocycles. The fraction of sp³-hybridized carbons (Fsp3) is 1.00. The predicted molar refractivity (Wildman–Crippen MR) is 85.6 cm³/mol. The first-order valence-electron chi connectivity index (χ1n) is 7.68. The lowest BCUT2D eigenvalue weighted by Gasteiger charge is -2.46. The standard InChI is InChI=1S/C15H32N2O2S/c1-13-7-6-8-15(11-13,12-16)17(5)9-10-20(18,19)14(2,3)4/h13H,6-12,16H2,1-5H3. The van der Waals surface area contributed by atoms with Crippen LogP contribution in [0.25, 0.3) is 0 Å². The lowest BCUT2D eigenvalue weighted by atomic mass is 9.75. The third-order valence-corrected chi connectivity index (χ3v) is 7.47. The van der Waals surface area contributed by atoms with Crippen molar-refractivity contribution in [3.8, 4) is 0 Å². The molecule has 0 aromatic rings. The molecule has 0 saturated heterocycles. The van der Waals surface area contributed by atoms with Gasteiger partial charge < -0.3 is 5.73 Å². The van der Waals surface area contributed by atoms with Crippen molar-refractivity contribution in [3.05, 3.63) is 0 Å². The fourth-order valence-corrected chi connectivity index (χ4v) is 4.25. The number of nitrogens with two attached hydrogens (primary N) is 1. The van der Waals surface area contributed by atoms with E-state index in [9.17, 15) is 8.42 Å². The van der Waals surface area contributed by atoms with Crippen molar-refractivity contribution >= 4 is 9.84 Å². The minimum absolute atomic E-state index is 0.00886. The van der Waals surface area contributed by atoms with Gasteiger partial charge in [-0.1, -0.05) is 19.8 Å². The Morgan fingerprint density at radius 3 is 2.40 bits per heavy atom. The molecular formula is C15H32N2O2S. The van der Waals surface area contributed by atoms with E-state index in [0.29, 0.717) is 19.0 Å². The van der Waals surface area contributed by atoms with Crippen molar-refractivity contribution in [1.82, 2.24) is 4.90 Å². The molecule has 20 heavy (non-hydrogen) atoms. The van der Waals surface area contributed by atoms with Crippen molar-refractivity contribution in [1.29, 1.82) is 0 Å². The molecule has 0 amide bonds. The summed E-state index contributed by atoms with van der Waals surface area (Å²) in [7, 11) is -1.03. The predicted octanol–water partition coefficient (Wildman–Crippen LogP) is 2.04. The molecule has 4 nitrogen and oxygen atoms in total. The Bertz CT molecular complexity index is 414. The molecule has 1 aliphatic carbocycles. The zero-order valence-electron chi connectivity index (χ0n) is 13.8. The Kier molecular flexibility index (Phi) is 5.67. The highest BCUT2D eigenvalue weighted by Gasteiger charge is 2.38. The van der Waals surface area contributed by atoms with Gasteiger partial charge in [0.05, 0.1) is 10.5 Å². The Morgan fingerprint density at radius 2 is 1.95 bits per heavy atom. The van der Waals surface area contributed by atoms with Crippen LogP contribution in [0.5, 0.6) is 0 Å². The van der Waals surface area contributed by atoms with Crippen LogP contribution < -0.4 is 5.73 Å². The molecule has 120 valence electrons. The minimum atomic E-state index is -3.06. The van der Waals surface area contributed by atoms with Crippen LogP contribution in [0.1, 0.15) is 53.4 Å². The Labute approximate surface area is 125 Å². The SMILES string of the molecule is CC1CCCC(CN)(N(C)CCS(=O)(=O)C(C)(C)C)C1. The maximum atomic E-state index is 12.2. The molecule has 0 aliphatic heterocycles. The highest BCUT2D eigenvalue weighted by atomic mass is 32.2. The second-order valence-corrected chi connectivity index (χ2v) is 10.3. The average molecular weight is 305 g/mol. The van der Waals surface area contributed by atoms with Gasteiger partial charge in [-0.2, -0.15) is 0 Å². The third-order valence-electron chi connectivity index (χ3n) is 4.89. The number of likely N-dealkylation sites (N-methyl/N-ethyl adjacent to an activating group) is 1. The van der Waals surface area contributed by atoms with Crippen LogP contribution in [0.15, 0.2) is 0 Å². The number of hydrogen-bond donors (Lipinski definition) is 1. The van der Waals surface area contributed by atoms with Crippen LogP contribution in [0.3, 0.4) is 0 Å². The molecule has 0 aromatic heterocycles. The normalized spacial score (nSPS) is 28.9. The van der Waals surface area contributed by atoms with Gasteiger partial charge in [0.15, 0.2) is 9.84 Å². The summed E-state index contributed by atoms with van der Waals surface area (Å²) in [5, 5.41) is 0. The van der Waals surface area contributed by atoms with Gasteiger partial charge in [-0.3, -0.25) is 4.90 Å². The van der Waals surface area contributed by atoms with Crippen LogP contribution in [-0.4, -0.2) is 49.5 Å². The van der Waals surface area contributed by atoms with Gasteiger partial charge in [0.25, 0.3) is 0 Å². The largest absolute Gasteiger partial charge is 0.329 e. The van der Waals surface area contributed by atoms with E-state index in [1.165, 1.54) is 12.8 Å². The maximum absolute atomic E-state index is 12.2. The maximum Gasteiger partial charge on any atom is 0.156 e. The molecule has 5 heteroatoms. The molecule has 2 N–H and O–H groups in total. The van der Waals surface area contributed by atoms with Crippen LogP contribution >= 0.6 is 0 Å². The van der Waals surface area contributed by atoms with Gasteiger partial charge in [-0.05, 0) is 46.6 Å². The van der Waals surface area contributed by atoms with Gasteiger partial charge in [-0.15, -0.1) is 0 Å². The zero-order chi connectivity index (χ0) is 15.6. The van der Waals surface area contributed by atoms with E-state index >= 15 is 0 Å². The summed E-state index contributed by atoms with van der Waals surface area (Å²) in [6.07, 6.45) is 4.61. The van der Waals surface area contributed by atoms with Gasteiger partial charge in [0.1, 0.15) is 0 Å². The molecule has 2 atom stereocenters. The van der Waals surface area contributed by atoms with Crippen molar-refractivity contribution in [3.63, 3.8) is 0 Å². The van der Waals surface area contributed by atoms with E-state index in [1.807, 2.05) is 7.05 Å². The van der Waals surface area contributed by atoms with Gasteiger partial charge in [0.2, 0.25) is 0 Å².